The van der Waals surface area contributed by atoms with Gasteiger partial charge in [0.2, 0.25) is 0 Å². The Bertz CT molecular complexity index is 174. The molecule has 0 aromatic rings. The third-order valence-electron chi connectivity index (χ3n) is 3.60. The fraction of sp³-hybridized carbons (Fsp3) is 0.909. The zero-order valence-corrected chi connectivity index (χ0v) is 8.52. The maximum absolute atomic E-state index is 11.7. The van der Waals surface area contributed by atoms with E-state index in [-0.39, 0.29) is 5.41 Å². The Labute approximate surface area is 75.5 Å². The number of Topliss-reactive ketones (excluding diaryl/α,β-unsaturated/α-hetero) is 1. The summed E-state index contributed by atoms with van der Waals surface area (Å²) in [5, 5.41) is 0. The fourth-order valence-electron chi connectivity index (χ4n) is 2.66. The molecule has 0 aromatic carbocycles. The van der Waals surface area contributed by atoms with Crippen molar-refractivity contribution in [2.24, 2.45) is 11.3 Å². The predicted octanol–water partition coefficient (Wildman–Crippen LogP) is 3.18. The van der Waals surface area contributed by atoms with Crippen LogP contribution >= 0.6 is 0 Å². The van der Waals surface area contributed by atoms with Crippen LogP contribution in [-0.4, -0.2) is 5.78 Å². The Morgan fingerprint density at radius 1 is 1.50 bits per heavy atom. The maximum Gasteiger partial charge on any atom is 0.138 e. The predicted molar refractivity (Wildman–Crippen MR) is 51.0 cm³/mol. The van der Waals surface area contributed by atoms with Crippen LogP contribution in [0, 0.1) is 11.3 Å². The number of carbonyl (C=O) groups is 1. The van der Waals surface area contributed by atoms with E-state index in [1.54, 1.807) is 0 Å². The van der Waals surface area contributed by atoms with Crippen LogP contribution in [0.15, 0.2) is 0 Å². The highest BCUT2D eigenvalue weighted by Crippen LogP contribution is 2.45. The highest BCUT2D eigenvalue weighted by molar-refractivity contribution is 5.84. The molecule has 1 fully saturated rings. The van der Waals surface area contributed by atoms with Gasteiger partial charge in [-0.15, -0.1) is 0 Å². The largest absolute Gasteiger partial charge is 0.299 e. The molecule has 0 spiro atoms. The van der Waals surface area contributed by atoms with Gasteiger partial charge in [0, 0.05) is 11.8 Å². The Balaban J connectivity index is 2.74. The molecule has 0 N–H and O–H groups in total. The summed E-state index contributed by atoms with van der Waals surface area (Å²) in [5.41, 5.74) is 0.0313. The van der Waals surface area contributed by atoms with Crippen molar-refractivity contribution in [1.29, 1.82) is 0 Å². The van der Waals surface area contributed by atoms with Crippen LogP contribution < -0.4 is 0 Å². The van der Waals surface area contributed by atoms with Gasteiger partial charge < -0.3 is 0 Å². The first-order chi connectivity index (χ1) is 5.65. The molecule has 12 heavy (non-hydrogen) atoms. The molecule has 1 aliphatic rings. The van der Waals surface area contributed by atoms with Crippen molar-refractivity contribution < 1.29 is 4.79 Å². The van der Waals surface area contributed by atoms with E-state index in [0.29, 0.717) is 18.1 Å². The van der Waals surface area contributed by atoms with Crippen LogP contribution in [0.3, 0.4) is 0 Å². The molecule has 2 atom stereocenters. The average molecular weight is 168 g/mol. The minimum absolute atomic E-state index is 0.0313. The smallest absolute Gasteiger partial charge is 0.138 e. The summed E-state index contributed by atoms with van der Waals surface area (Å²) < 4.78 is 0. The Hall–Kier alpha value is -0.330. The summed E-state index contributed by atoms with van der Waals surface area (Å²) in [5.74, 6) is 1.14. The summed E-state index contributed by atoms with van der Waals surface area (Å²) in [6.07, 6.45) is 5.52. The minimum Gasteiger partial charge on any atom is -0.299 e. The molecule has 1 aliphatic carbocycles. The number of carbonyl (C=O) groups excluding carboxylic acids is 1. The maximum atomic E-state index is 11.7. The first-order valence-electron chi connectivity index (χ1n) is 5.18. The Kier molecular flexibility index (Phi) is 2.92. The lowest BCUT2D eigenvalue weighted by Gasteiger charge is -2.28. The molecule has 0 aliphatic heterocycles. The first-order valence-corrected chi connectivity index (χ1v) is 5.18. The summed E-state index contributed by atoms with van der Waals surface area (Å²) in [7, 11) is 0. The zero-order valence-electron chi connectivity index (χ0n) is 8.52. The average Bonchev–Trinajstić information content (AvgIpc) is 2.46. The number of rotatable bonds is 3. The number of hydrogen-bond donors (Lipinski definition) is 0. The van der Waals surface area contributed by atoms with E-state index < -0.39 is 0 Å². The number of hydrogen-bond acceptors (Lipinski definition) is 1. The second-order valence-electron chi connectivity index (χ2n) is 4.19. The Morgan fingerprint density at radius 2 is 2.17 bits per heavy atom. The van der Waals surface area contributed by atoms with E-state index >= 15 is 0 Å². The standard InChI is InChI=1S/C11H20O/c1-4-9-7-6-8-11(9,3)10(12)5-2/h9H,4-8H2,1-3H3. The van der Waals surface area contributed by atoms with Gasteiger partial charge in [-0.1, -0.05) is 33.6 Å². The van der Waals surface area contributed by atoms with E-state index in [1.807, 2.05) is 6.92 Å². The van der Waals surface area contributed by atoms with Crippen LogP contribution in [0.4, 0.5) is 0 Å². The van der Waals surface area contributed by atoms with E-state index in [9.17, 15) is 4.79 Å². The third kappa shape index (κ3) is 1.41. The van der Waals surface area contributed by atoms with Crippen molar-refractivity contribution in [3.63, 3.8) is 0 Å². The molecule has 2 unspecified atom stereocenters. The summed E-state index contributed by atoms with van der Waals surface area (Å²) in [6.45, 7) is 6.36. The topological polar surface area (TPSA) is 17.1 Å². The molecule has 1 nitrogen and oxygen atoms in total. The van der Waals surface area contributed by atoms with Gasteiger partial charge in [-0.25, -0.2) is 0 Å². The van der Waals surface area contributed by atoms with Crippen molar-refractivity contribution in [3.05, 3.63) is 0 Å². The van der Waals surface area contributed by atoms with Gasteiger partial charge in [-0.3, -0.25) is 4.79 Å². The lowest BCUT2D eigenvalue weighted by molar-refractivity contribution is -0.129. The van der Waals surface area contributed by atoms with E-state index in [4.69, 9.17) is 0 Å². The van der Waals surface area contributed by atoms with Crippen LogP contribution in [0.25, 0.3) is 0 Å². The SMILES string of the molecule is CCC(=O)C1(C)CCCC1CC. The van der Waals surface area contributed by atoms with Crippen molar-refractivity contribution >= 4 is 5.78 Å². The second kappa shape index (κ2) is 3.59. The zero-order chi connectivity index (χ0) is 9.19. The number of ketones is 1. The molecule has 1 heteroatoms. The molecule has 0 amide bonds. The fourth-order valence-corrected chi connectivity index (χ4v) is 2.66. The van der Waals surface area contributed by atoms with Crippen molar-refractivity contribution in [2.45, 2.75) is 52.9 Å². The molecule has 0 bridgehead atoms. The third-order valence-corrected chi connectivity index (χ3v) is 3.60. The lowest BCUT2D eigenvalue weighted by Crippen LogP contribution is -2.30. The minimum atomic E-state index is 0.0313. The van der Waals surface area contributed by atoms with Crippen LogP contribution in [0.1, 0.15) is 52.9 Å². The van der Waals surface area contributed by atoms with Crippen LogP contribution in [-0.2, 0) is 4.79 Å². The molecule has 0 saturated heterocycles. The molecular formula is C11H20O. The van der Waals surface area contributed by atoms with E-state index in [1.165, 1.54) is 19.3 Å². The van der Waals surface area contributed by atoms with Gasteiger partial charge in [0.05, 0.1) is 0 Å². The lowest BCUT2D eigenvalue weighted by atomic mass is 9.74. The monoisotopic (exact) mass is 168 g/mol. The van der Waals surface area contributed by atoms with Crippen molar-refractivity contribution in [1.82, 2.24) is 0 Å². The molecule has 70 valence electrons. The molecular weight excluding hydrogens is 148 g/mol. The van der Waals surface area contributed by atoms with Gasteiger partial charge in [-0.2, -0.15) is 0 Å². The molecule has 0 aromatic heterocycles. The van der Waals surface area contributed by atoms with Gasteiger partial charge in [0.1, 0.15) is 5.78 Å². The Morgan fingerprint density at radius 3 is 2.67 bits per heavy atom. The van der Waals surface area contributed by atoms with E-state index in [0.717, 1.165) is 6.42 Å². The molecule has 0 heterocycles. The van der Waals surface area contributed by atoms with Crippen molar-refractivity contribution in [3.8, 4) is 0 Å². The van der Waals surface area contributed by atoms with Crippen molar-refractivity contribution in [2.75, 3.05) is 0 Å². The van der Waals surface area contributed by atoms with Gasteiger partial charge >= 0.3 is 0 Å². The highest BCUT2D eigenvalue weighted by atomic mass is 16.1. The highest BCUT2D eigenvalue weighted by Gasteiger charge is 2.42. The normalized spacial score (nSPS) is 35.4. The molecule has 0 radical (unpaired) electrons. The van der Waals surface area contributed by atoms with Crippen LogP contribution in [0.5, 0.6) is 0 Å². The molecule has 1 rings (SSSR count). The molecule has 1 saturated carbocycles. The summed E-state index contributed by atoms with van der Waals surface area (Å²) in [4.78, 5) is 11.7. The quantitative estimate of drug-likeness (QED) is 0.632. The van der Waals surface area contributed by atoms with Gasteiger partial charge in [0.25, 0.3) is 0 Å². The summed E-state index contributed by atoms with van der Waals surface area (Å²) in [6, 6.07) is 0. The van der Waals surface area contributed by atoms with Gasteiger partial charge in [-0.05, 0) is 18.8 Å². The second-order valence-corrected chi connectivity index (χ2v) is 4.19. The first kappa shape index (κ1) is 9.76. The van der Waals surface area contributed by atoms with E-state index in [2.05, 4.69) is 13.8 Å². The van der Waals surface area contributed by atoms with Gasteiger partial charge in [0.15, 0.2) is 0 Å². The van der Waals surface area contributed by atoms with Crippen LogP contribution in [0.2, 0.25) is 0 Å². The summed E-state index contributed by atoms with van der Waals surface area (Å²) >= 11 is 0.